The van der Waals surface area contributed by atoms with Crippen LogP contribution in [0.2, 0.25) is 0 Å². The molecule has 0 heterocycles. The number of Topliss-reactive ketones (excluding diaryl/α,β-unsaturated/α-hetero) is 1. The second-order valence-electron chi connectivity index (χ2n) is 2.67. The van der Waals surface area contributed by atoms with Gasteiger partial charge in [0.15, 0.2) is 12.0 Å². The maximum absolute atomic E-state index is 12.5. The summed E-state index contributed by atoms with van der Waals surface area (Å²) in [6.45, 7) is 1.90. The standard InChI is InChI=1S/C7H14FNO/c1-6(10)7(8)4-5-9(2)3/h7H,4-5H2,1-3H3/t7-/m1/s1. The monoisotopic (exact) mass is 147 g/mol. The van der Waals surface area contributed by atoms with Crippen molar-refractivity contribution in [1.82, 2.24) is 4.90 Å². The van der Waals surface area contributed by atoms with E-state index in [-0.39, 0.29) is 5.78 Å². The van der Waals surface area contributed by atoms with Gasteiger partial charge in [-0.05, 0) is 27.4 Å². The van der Waals surface area contributed by atoms with E-state index in [9.17, 15) is 9.18 Å². The summed E-state index contributed by atoms with van der Waals surface area (Å²) < 4.78 is 12.5. The largest absolute Gasteiger partial charge is 0.309 e. The third-order valence-electron chi connectivity index (χ3n) is 1.27. The summed E-state index contributed by atoms with van der Waals surface area (Å²) in [5, 5.41) is 0. The molecule has 0 unspecified atom stereocenters. The van der Waals surface area contributed by atoms with Gasteiger partial charge in [0.1, 0.15) is 0 Å². The van der Waals surface area contributed by atoms with Crippen molar-refractivity contribution in [3.8, 4) is 0 Å². The Hall–Kier alpha value is -0.440. The summed E-state index contributed by atoms with van der Waals surface area (Å²) in [6, 6.07) is 0. The highest BCUT2D eigenvalue weighted by atomic mass is 19.1. The van der Waals surface area contributed by atoms with E-state index in [1.807, 2.05) is 19.0 Å². The Morgan fingerprint density at radius 1 is 1.60 bits per heavy atom. The number of carbonyl (C=O) groups excluding carboxylic acids is 1. The van der Waals surface area contributed by atoms with Crippen LogP contribution in [0.5, 0.6) is 0 Å². The molecule has 0 saturated carbocycles. The van der Waals surface area contributed by atoms with Crippen molar-refractivity contribution in [3.63, 3.8) is 0 Å². The predicted molar refractivity (Wildman–Crippen MR) is 38.7 cm³/mol. The SMILES string of the molecule is CC(=O)[C@H](F)CCN(C)C. The Morgan fingerprint density at radius 2 is 2.10 bits per heavy atom. The van der Waals surface area contributed by atoms with Crippen LogP contribution < -0.4 is 0 Å². The fourth-order valence-electron chi connectivity index (χ4n) is 0.575. The van der Waals surface area contributed by atoms with Crippen LogP contribution in [0.25, 0.3) is 0 Å². The van der Waals surface area contributed by atoms with Crippen LogP contribution in [0.4, 0.5) is 4.39 Å². The molecule has 0 fully saturated rings. The average molecular weight is 147 g/mol. The van der Waals surface area contributed by atoms with Crippen molar-refractivity contribution in [1.29, 1.82) is 0 Å². The first-order valence-corrected chi connectivity index (χ1v) is 3.33. The smallest absolute Gasteiger partial charge is 0.163 e. The Kier molecular flexibility index (Phi) is 4.19. The second kappa shape index (κ2) is 4.39. The van der Waals surface area contributed by atoms with Gasteiger partial charge < -0.3 is 4.90 Å². The van der Waals surface area contributed by atoms with E-state index in [0.717, 1.165) is 0 Å². The number of alkyl halides is 1. The molecule has 2 nitrogen and oxygen atoms in total. The van der Waals surface area contributed by atoms with E-state index in [1.165, 1.54) is 6.92 Å². The van der Waals surface area contributed by atoms with Crippen molar-refractivity contribution in [3.05, 3.63) is 0 Å². The van der Waals surface area contributed by atoms with E-state index in [1.54, 1.807) is 0 Å². The minimum atomic E-state index is -1.28. The normalized spacial score (nSPS) is 13.7. The maximum Gasteiger partial charge on any atom is 0.163 e. The molecule has 1 atom stereocenters. The topological polar surface area (TPSA) is 20.3 Å². The first kappa shape index (κ1) is 9.56. The first-order valence-electron chi connectivity index (χ1n) is 3.33. The van der Waals surface area contributed by atoms with Gasteiger partial charge in [0.25, 0.3) is 0 Å². The highest BCUT2D eigenvalue weighted by Crippen LogP contribution is 1.99. The van der Waals surface area contributed by atoms with Crippen LogP contribution in [-0.4, -0.2) is 37.5 Å². The van der Waals surface area contributed by atoms with E-state index in [0.29, 0.717) is 13.0 Å². The molecular weight excluding hydrogens is 133 g/mol. The summed E-state index contributed by atoms with van der Waals surface area (Å²) in [7, 11) is 3.71. The molecule has 0 aromatic rings. The molecule has 3 heteroatoms. The predicted octanol–water partition coefficient (Wildman–Crippen LogP) is 0.865. The van der Waals surface area contributed by atoms with E-state index in [2.05, 4.69) is 0 Å². The van der Waals surface area contributed by atoms with Gasteiger partial charge in [0.2, 0.25) is 0 Å². The Morgan fingerprint density at radius 3 is 2.40 bits per heavy atom. The number of carbonyl (C=O) groups is 1. The summed E-state index contributed by atoms with van der Waals surface area (Å²) in [5.41, 5.74) is 0. The van der Waals surface area contributed by atoms with Gasteiger partial charge in [-0.2, -0.15) is 0 Å². The lowest BCUT2D eigenvalue weighted by Crippen LogP contribution is -2.21. The Labute approximate surface area is 61.0 Å². The molecule has 0 aliphatic carbocycles. The summed E-state index contributed by atoms with van der Waals surface area (Å²) in [6.07, 6.45) is -0.968. The molecule has 0 radical (unpaired) electrons. The van der Waals surface area contributed by atoms with E-state index in [4.69, 9.17) is 0 Å². The van der Waals surface area contributed by atoms with Gasteiger partial charge in [-0.3, -0.25) is 4.79 Å². The molecule has 60 valence electrons. The van der Waals surface area contributed by atoms with Crippen molar-refractivity contribution >= 4 is 5.78 Å². The van der Waals surface area contributed by atoms with Crippen molar-refractivity contribution in [2.75, 3.05) is 20.6 Å². The van der Waals surface area contributed by atoms with Gasteiger partial charge in [-0.25, -0.2) is 4.39 Å². The molecule has 0 bridgehead atoms. The van der Waals surface area contributed by atoms with Crippen molar-refractivity contribution in [2.45, 2.75) is 19.5 Å². The lowest BCUT2D eigenvalue weighted by molar-refractivity contribution is -0.121. The first-order chi connectivity index (χ1) is 4.54. The van der Waals surface area contributed by atoms with Crippen LogP contribution in [0.15, 0.2) is 0 Å². The molecule has 0 aliphatic heterocycles. The number of hydrogen-bond donors (Lipinski definition) is 0. The zero-order valence-corrected chi connectivity index (χ0v) is 6.72. The molecule has 0 rings (SSSR count). The highest BCUT2D eigenvalue weighted by Gasteiger charge is 2.11. The van der Waals surface area contributed by atoms with Gasteiger partial charge in [-0.15, -0.1) is 0 Å². The number of halogens is 1. The molecule has 0 aromatic heterocycles. The molecule has 0 spiro atoms. The minimum absolute atomic E-state index is 0.308. The fourth-order valence-corrected chi connectivity index (χ4v) is 0.575. The zero-order chi connectivity index (χ0) is 8.15. The molecule has 10 heavy (non-hydrogen) atoms. The third kappa shape index (κ3) is 4.44. The number of nitrogens with zero attached hydrogens (tertiary/aromatic N) is 1. The van der Waals surface area contributed by atoms with Gasteiger partial charge >= 0.3 is 0 Å². The maximum atomic E-state index is 12.5. The van der Waals surface area contributed by atoms with Gasteiger partial charge in [0.05, 0.1) is 0 Å². The number of hydrogen-bond acceptors (Lipinski definition) is 2. The van der Waals surface area contributed by atoms with Gasteiger partial charge in [0, 0.05) is 6.54 Å². The van der Waals surface area contributed by atoms with Crippen molar-refractivity contribution < 1.29 is 9.18 Å². The Balaban J connectivity index is 3.40. The zero-order valence-electron chi connectivity index (χ0n) is 6.72. The van der Waals surface area contributed by atoms with Crippen molar-refractivity contribution in [2.24, 2.45) is 0 Å². The van der Waals surface area contributed by atoms with Crippen LogP contribution in [0, 0.1) is 0 Å². The molecule has 0 aromatic carbocycles. The summed E-state index contributed by atoms with van der Waals surface area (Å²) >= 11 is 0. The lowest BCUT2D eigenvalue weighted by Gasteiger charge is -2.09. The van der Waals surface area contributed by atoms with Crippen LogP contribution >= 0.6 is 0 Å². The second-order valence-corrected chi connectivity index (χ2v) is 2.67. The van der Waals surface area contributed by atoms with Gasteiger partial charge in [-0.1, -0.05) is 0 Å². The summed E-state index contributed by atoms with van der Waals surface area (Å²) in [4.78, 5) is 12.2. The average Bonchev–Trinajstić information content (AvgIpc) is 1.82. The van der Waals surface area contributed by atoms with Crippen LogP contribution in [0.1, 0.15) is 13.3 Å². The lowest BCUT2D eigenvalue weighted by atomic mass is 10.2. The Bertz CT molecular complexity index is 114. The summed E-state index contributed by atoms with van der Waals surface area (Å²) in [5.74, 6) is -0.373. The minimum Gasteiger partial charge on any atom is -0.309 e. The van der Waals surface area contributed by atoms with Crippen LogP contribution in [-0.2, 0) is 4.79 Å². The quantitative estimate of drug-likeness (QED) is 0.588. The fraction of sp³-hybridized carbons (Fsp3) is 0.857. The highest BCUT2D eigenvalue weighted by molar-refractivity contribution is 5.80. The van der Waals surface area contributed by atoms with E-state index >= 15 is 0 Å². The molecule has 0 amide bonds. The number of ketones is 1. The number of rotatable bonds is 4. The third-order valence-corrected chi connectivity index (χ3v) is 1.27. The molecule has 0 saturated heterocycles. The van der Waals surface area contributed by atoms with Crippen LogP contribution in [0.3, 0.4) is 0 Å². The molecule has 0 aliphatic rings. The molecular formula is C7H14FNO. The molecule has 0 N–H and O–H groups in total. The van der Waals surface area contributed by atoms with E-state index < -0.39 is 6.17 Å².